The fourth-order valence-corrected chi connectivity index (χ4v) is 4.67. The summed E-state index contributed by atoms with van der Waals surface area (Å²) in [5.41, 5.74) is 1.37. The third-order valence-electron chi connectivity index (χ3n) is 5.15. The zero-order valence-electron chi connectivity index (χ0n) is 15.6. The summed E-state index contributed by atoms with van der Waals surface area (Å²) in [6, 6.07) is 17.2. The summed E-state index contributed by atoms with van der Waals surface area (Å²) in [7, 11) is 0. The molecule has 1 aliphatic heterocycles. The minimum atomic E-state index is -0.490. The van der Waals surface area contributed by atoms with E-state index in [0.29, 0.717) is 4.91 Å². The Balaban J connectivity index is 1.36. The van der Waals surface area contributed by atoms with Gasteiger partial charge in [0.05, 0.1) is 10.3 Å². The summed E-state index contributed by atoms with van der Waals surface area (Å²) in [5.74, 6) is -0.367. The molecule has 2 fully saturated rings. The molecule has 2 aromatic rings. The largest absolute Gasteiger partial charge is 0.354 e. The molecule has 1 saturated heterocycles. The quantitative estimate of drug-likeness (QED) is 0.637. The maximum Gasteiger partial charge on any atom is 0.293 e. The molecular formula is C22H19BrN2O3S. The lowest BCUT2D eigenvalue weighted by atomic mass is 9.95. The summed E-state index contributed by atoms with van der Waals surface area (Å²) < 4.78 is 0.942. The van der Waals surface area contributed by atoms with E-state index in [1.165, 1.54) is 4.90 Å². The van der Waals surface area contributed by atoms with Crippen LogP contribution in [0.4, 0.5) is 4.79 Å². The van der Waals surface area contributed by atoms with Gasteiger partial charge < -0.3 is 5.32 Å². The lowest BCUT2D eigenvalue weighted by Gasteiger charge is -2.18. The normalized spacial score (nSPS) is 18.9. The number of carbonyl (C=O) groups is 3. The van der Waals surface area contributed by atoms with Crippen molar-refractivity contribution in [2.24, 2.45) is 0 Å². The Morgan fingerprint density at radius 2 is 1.90 bits per heavy atom. The van der Waals surface area contributed by atoms with Gasteiger partial charge in [0.15, 0.2) is 0 Å². The maximum absolute atomic E-state index is 12.7. The van der Waals surface area contributed by atoms with Crippen molar-refractivity contribution in [2.75, 3.05) is 13.1 Å². The van der Waals surface area contributed by atoms with E-state index in [4.69, 9.17) is 0 Å². The highest BCUT2D eigenvalue weighted by molar-refractivity contribution is 9.10. The van der Waals surface area contributed by atoms with Gasteiger partial charge in [0.1, 0.15) is 0 Å². The number of carbonyl (C=O) groups excluding carboxylic acids is 3. The summed E-state index contributed by atoms with van der Waals surface area (Å²) in [4.78, 5) is 39.1. The molecule has 1 saturated carbocycles. The van der Waals surface area contributed by atoms with E-state index in [0.717, 1.165) is 40.2 Å². The summed E-state index contributed by atoms with van der Waals surface area (Å²) in [6.07, 6.45) is 3.32. The van der Waals surface area contributed by atoms with Crippen LogP contribution in [0.25, 0.3) is 6.08 Å². The van der Waals surface area contributed by atoms with Gasteiger partial charge in [-0.25, -0.2) is 0 Å². The number of hydrogen-bond donors (Lipinski definition) is 1. The predicted molar refractivity (Wildman–Crippen MR) is 117 cm³/mol. The second kappa shape index (κ2) is 8.16. The minimum Gasteiger partial charge on any atom is -0.354 e. The molecule has 7 heteroatoms. The van der Waals surface area contributed by atoms with Crippen molar-refractivity contribution in [3.05, 3.63) is 75.1 Å². The predicted octanol–water partition coefficient (Wildman–Crippen LogP) is 4.33. The van der Waals surface area contributed by atoms with Crippen molar-refractivity contribution < 1.29 is 14.4 Å². The zero-order chi connectivity index (χ0) is 20.4. The Labute approximate surface area is 181 Å². The number of rotatable bonds is 6. The van der Waals surface area contributed by atoms with Crippen LogP contribution in [0.3, 0.4) is 0 Å². The van der Waals surface area contributed by atoms with Gasteiger partial charge in [0.2, 0.25) is 5.91 Å². The van der Waals surface area contributed by atoms with Crippen molar-refractivity contribution in [1.29, 1.82) is 0 Å². The molecule has 0 atom stereocenters. The number of benzene rings is 2. The molecule has 0 radical (unpaired) electrons. The smallest absolute Gasteiger partial charge is 0.293 e. The summed E-state index contributed by atoms with van der Waals surface area (Å²) >= 11 is 4.38. The monoisotopic (exact) mass is 470 g/mol. The minimum absolute atomic E-state index is 0.0533. The van der Waals surface area contributed by atoms with Crippen molar-refractivity contribution in [3.8, 4) is 0 Å². The van der Waals surface area contributed by atoms with Gasteiger partial charge in [-0.3, -0.25) is 19.3 Å². The number of imide groups is 1. The highest BCUT2D eigenvalue weighted by Gasteiger charge is 2.51. The van der Waals surface area contributed by atoms with E-state index in [1.54, 1.807) is 6.08 Å². The van der Waals surface area contributed by atoms with Crippen LogP contribution in [0.15, 0.2) is 64.0 Å². The van der Waals surface area contributed by atoms with Gasteiger partial charge in [-0.15, -0.1) is 0 Å². The average Bonchev–Trinajstić information content (AvgIpc) is 3.48. The Hall–Kier alpha value is -2.38. The van der Waals surface area contributed by atoms with E-state index < -0.39 is 5.41 Å². The molecule has 2 aromatic carbocycles. The zero-order valence-corrected chi connectivity index (χ0v) is 18.0. The molecule has 0 unspecified atom stereocenters. The van der Waals surface area contributed by atoms with Crippen LogP contribution in [-0.2, 0) is 15.0 Å². The molecule has 4 rings (SSSR count). The van der Waals surface area contributed by atoms with Gasteiger partial charge >= 0.3 is 0 Å². The number of hydrogen-bond acceptors (Lipinski definition) is 4. The number of thioether (sulfide) groups is 1. The molecule has 0 spiro atoms. The lowest BCUT2D eigenvalue weighted by Crippen LogP contribution is -2.41. The third-order valence-corrected chi connectivity index (χ3v) is 6.55. The standard InChI is InChI=1S/C22H19BrN2O3S/c23-17-8-4-7-16(14-17)22(9-10-22)20(27)24-11-12-25-19(26)18(29-21(25)28)13-15-5-2-1-3-6-15/h1-8,13-14H,9-12H2,(H,24,27)/b18-13-. The number of halogens is 1. The van der Waals surface area contributed by atoms with Gasteiger partial charge in [-0.2, -0.15) is 0 Å². The van der Waals surface area contributed by atoms with Crippen LogP contribution in [0, 0.1) is 0 Å². The summed E-state index contributed by atoms with van der Waals surface area (Å²) in [5, 5.41) is 2.60. The molecule has 0 aromatic heterocycles. The Morgan fingerprint density at radius 1 is 1.14 bits per heavy atom. The first-order valence-electron chi connectivity index (χ1n) is 9.34. The molecule has 29 heavy (non-hydrogen) atoms. The average molecular weight is 471 g/mol. The first-order chi connectivity index (χ1) is 14.0. The number of amides is 3. The van der Waals surface area contributed by atoms with E-state index >= 15 is 0 Å². The highest BCUT2D eigenvalue weighted by Crippen LogP contribution is 2.48. The Kier molecular flexibility index (Phi) is 5.61. The van der Waals surface area contributed by atoms with E-state index in [2.05, 4.69) is 21.2 Å². The van der Waals surface area contributed by atoms with E-state index in [-0.39, 0.29) is 30.1 Å². The molecule has 1 aliphatic carbocycles. The molecule has 1 N–H and O–H groups in total. The first kappa shape index (κ1) is 19.9. The van der Waals surface area contributed by atoms with Crippen LogP contribution in [0.5, 0.6) is 0 Å². The highest BCUT2D eigenvalue weighted by atomic mass is 79.9. The Morgan fingerprint density at radius 3 is 2.59 bits per heavy atom. The van der Waals surface area contributed by atoms with Crippen LogP contribution < -0.4 is 5.32 Å². The lowest BCUT2D eigenvalue weighted by molar-refractivity contribution is -0.125. The topological polar surface area (TPSA) is 66.5 Å². The van der Waals surface area contributed by atoms with Crippen molar-refractivity contribution in [3.63, 3.8) is 0 Å². The van der Waals surface area contributed by atoms with Gasteiger partial charge in [0, 0.05) is 17.6 Å². The first-order valence-corrected chi connectivity index (χ1v) is 11.0. The molecule has 3 amide bonds. The molecule has 2 aliphatic rings. The molecule has 1 heterocycles. The van der Waals surface area contributed by atoms with E-state index in [1.807, 2.05) is 54.6 Å². The molecule has 148 valence electrons. The molecule has 0 bridgehead atoms. The van der Waals surface area contributed by atoms with Crippen molar-refractivity contribution in [2.45, 2.75) is 18.3 Å². The van der Waals surface area contributed by atoms with Gasteiger partial charge in [-0.05, 0) is 53.9 Å². The maximum atomic E-state index is 12.7. The fourth-order valence-electron chi connectivity index (χ4n) is 3.40. The molecular weight excluding hydrogens is 452 g/mol. The molecule has 5 nitrogen and oxygen atoms in total. The second-order valence-corrected chi connectivity index (χ2v) is 9.00. The van der Waals surface area contributed by atoms with Crippen molar-refractivity contribution >= 4 is 50.8 Å². The second-order valence-electron chi connectivity index (χ2n) is 7.09. The summed E-state index contributed by atoms with van der Waals surface area (Å²) in [6.45, 7) is 0.405. The van der Waals surface area contributed by atoms with Gasteiger partial charge in [0.25, 0.3) is 11.1 Å². The van der Waals surface area contributed by atoms with Gasteiger partial charge in [-0.1, -0.05) is 58.4 Å². The van der Waals surface area contributed by atoms with Crippen LogP contribution in [-0.4, -0.2) is 35.0 Å². The number of nitrogens with one attached hydrogen (secondary N) is 1. The van der Waals surface area contributed by atoms with Crippen LogP contribution in [0.1, 0.15) is 24.0 Å². The number of nitrogens with zero attached hydrogens (tertiary/aromatic N) is 1. The van der Waals surface area contributed by atoms with Crippen molar-refractivity contribution in [1.82, 2.24) is 10.2 Å². The fraction of sp³-hybridized carbons (Fsp3) is 0.227. The Bertz CT molecular complexity index is 1000. The van der Waals surface area contributed by atoms with Crippen LogP contribution in [0.2, 0.25) is 0 Å². The third kappa shape index (κ3) is 4.16. The SMILES string of the molecule is O=C1S/C(=C\c2ccccc2)C(=O)N1CCNC(=O)C1(c2cccc(Br)c2)CC1. The van der Waals surface area contributed by atoms with E-state index in [9.17, 15) is 14.4 Å². The van der Waals surface area contributed by atoms with Crippen LogP contribution >= 0.6 is 27.7 Å².